The summed E-state index contributed by atoms with van der Waals surface area (Å²) in [6.45, 7) is 1.72. The average molecular weight is 423 g/mol. The summed E-state index contributed by atoms with van der Waals surface area (Å²) >= 11 is 13.7. The van der Waals surface area contributed by atoms with Gasteiger partial charge < -0.3 is 11.1 Å². The number of nitrogens with two attached hydrogens (primary N) is 1. The molecule has 0 aromatic carbocycles. The summed E-state index contributed by atoms with van der Waals surface area (Å²) < 4.78 is 1.56. The number of pyridine rings is 1. The monoisotopic (exact) mass is 422 g/mol. The van der Waals surface area contributed by atoms with Gasteiger partial charge in [-0.1, -0.05) is 23.2 Å². The fourth-order valence-corrected chi connectivity index (χ4v) is 5.34. The molecule has 1 aliphatic carbocycles. The second-order valence-electron chi connectivity index (χ2n) is 6.48. The van der Waals surface area contributed by atoms with E-state index in [1.54, 1.807) is 23.6 Å². The van der Waals surface area contributed by atoms with Crippen molar-refractivity contribution >= 4 is 57.0 Å². The molecule has 0 spiro atoms. The number of thiophene rings is 1. The second kappa shape index (κ2) is 6.82. The molecule has 3 N–H and O–H groups in total. The van der Waals surface area contributed by atoms with Crippen molar-refractivity contribution in [3.8, 4) is 0 Å². The van der Waals surface area contributed by atoms with Crippen LogP contribution in [0, 0.1) is 6.92 Å². The van der Waals surface area contributed by atoms with E-state index < -0.39 is 5.91 Å². The van der Waals surface area contributed by atoms with Crippen LogP contribution in [0.2, 0.25) is 10.0 Å². The predicted molar refractivity (Wildman–Crippen MR) is 107 cm³/mol. The Bertz CT molecular complexity index is 1100. The van der Waals surface area contributed by atoms with Crippen LogP contribution in [0.3, 0.4) is 0 Å². The summed E-state index contributed by atoms with van der Waals surface area (Å²) in [5.74, 6) is -0.912. The van der Waals surface area contributed by atoms with Crippen LogP contribution in [-0.4, -0.2) is 21.2 Å². The van der Waals surface area contributed by atoms with Crippen molar-refractivity contribution in [1.82, 2.24) is 9.38 Å². The van der Waals surface area contributed by atoms with E-state index >= 15 is 0 Å². The molecule has 1 aliphatic rings. The van der Waals surface area contributed by atoms with Crippen LogP contribution in [0.1, 0.15) is 49.8 Å². The summed E-state index contributed by atoms with van der Waals surface area (Å²) in [6.07, 6.45) is 5.38. The molecule has 2 amide bonds. The summed E-state index contributed by atoms with van der Waals surface area (Å²) in [5, 5.41) is 4.09. The van der Waals surface area contributed by atoms with Gasteiger partial charge in [0.05, 0.1) is 21.3 Å². The molecule has 27 heavy (non-hydrogen) atoms. The Morgan fingerprint density at radius 1 is 1.30 bits per heavy atom. The summed E-state index contributed by atoms with van der Waals surface area (Å²) in [5.41, 5.74) is 8.27. The highest BCUT2D eigenvalue weighted by atomic mass is 35.5. The Morgan fingerprint density at radius 3 is 2.78 bits per heavy atom. The first-order chi connectivity index (χ1) is 12.9. The van der Waals surface area contributed by atoms with Gasteiger partial charge in [0.1, 0.15) is 10.7 Å². The number of aryl methyl sites for hydroxylation is 2. The molecule has 0 saturated heterocycles. The molecule has 0 fully saturated rings. The third kappa shape index (κ3) is 3.09. The number of halogens is 2. The van der Waals surface area contributed by atoms with E-state index in [4.69, 9.17) is 28.9 Å². The van der Waals surface area contributed by atoms with Gasteiger partial charge in [0.15, 0.2) is 5.65 Å². The van der Waals surface area contributed by atoms with Gasteiger partial charge in [0.2, 0.25) is 0 Å². The molecule has 0 atom stereocenters. The SMILES string of the molecule is Cc1nc2c(Cl)cc(Cl)cn2c1C(=O)Nc1sc2c(c1C(N)=O)CCCC2. The minimum atomic E-state index is -0.523. The zero-order valence-electron chi connectivity index (χ0n) is 14.4. The maximum absolute atomic E-state index is 13.0. The molecule has 3 aromatic rings. The Hall–Kier alpha value is -2.09. The smallest absolute Gasteiger partial charge is 0.275 e. The van der Waals surface area contributed by atoms with Crippen molar-refractivity contribution in [3.05, 3.63) is 49.7 Å². The number of nitrogens with one attached hydrogen (secondary N) is 1. The van der Waals surface area contributed by atoms with Crippen molar-refractivity contribution in [2.45, 2.75) is 32.6 Å². The normalized spacial score (nSPS) is 13.6. The quantitative estimate of drug-likeness (QED) is 0.660. The zero-order valence-corrected chi connectivity index (χ0v) is 16.8. The van der Waals surface area contributed by atoms with E-state index in [0.717, 1.165) is 36.1 Å². The lowest BCUT2D eigenvalue weighted by Gasteiger charge is -2.11. The fourth-order valence-electron chi connectivity index (χ4n) is 3.54. The standard InChI is InChI=1S/C18H16Cl2N4O2S/c1-8-14(24-7-9(19)6-11(20)16(24)22-8)17(26)23-18-13(15(21)25)10-4-2-3-5-12(10)27-18/h6-7H,2-5H2,1H3,(H2,21,25)(H,23,26). The van der Waals surface area contributed by atoms with Gasteiger partial charge in [-0.15, -0.1) is 11.3 Å². The molecule has 0 saturated carbocycles. The molecule has 0 unspecified atom stereocenters. The Kier molecular flexibility index (Phi) is 4.61. The van der Waals surface area contributed by atoms with E-state index in [2.05, 4.69) is 10.3 Å². The highest BCUT2D eigenvalue weighted by Crippen LogP contribution is 2.38. The van der Waals surface area contributed by atoms with Gasteiger partial charge >= 0.3 is 0 Å². The van der Waals surface area contributed by atoms with Gasteiger partial charge in [0, 0.05) is 11.1 Å². The number of carbonyl (C=O) groups is 2. The second-order valence-corrected chi connectivity index (χ2v) is 8.43. The first-order valence-electron chi connectivity index (χ1n) is 8.46. The van der Waals surface area contributed by atoms with Crippen molar-refractivity contribution in [2.75, 3.05) is 5.32 Å². The highest BCUT2D eigenvalue weighted by Gasteiger charge is 2.27. The van der Waals surface area contributed by atoms with Gasteiger partial charge in [0.25, 0.3) is 11.8 Å². The number of hydrogen-bond acceptors (Lipinski definition) is 4. The maximum Gasteiger partial charge on any atom is 0.275 e. The fraction of sp³-hybridized carbons (Fsp3) is 0.278. The predicted octanol–water partition coefficient (Wildman–Crippen LogP) is 4.24. The number of anilines is 1. The molecular weight excluding hydrogens is 407 g/mol. The van der Waals surface area contributed by atoms with Gasteiger partial charge in [-0.2, -0.15) is 0 Å². The Morgan fingerprint density at radius 2 is 2.04 bits per heavy atom. The van der Waals surface area contributed by atoms with Crippen molar-refractivity contribution in [3.63, 3.8) is 0 Å². The molecule has 3 heterocycles. The third-order valence-corrected chi connectivity index (χ3v) is 6.37. The molecule has 4 rings (SSSR count). The largest absolute Gasteiger partial charge is 0.365 e. The number of amides is 2. The van der Waals surface area contributed by atoms with E-state index in [9.17, 15) is 9.59 Å². The zero-order chi connectivity index (χ0) is 19.3. The number of carbonyl (C=O) groups excluding carboxylic acids is 2. The molecule has 140 valence electrons. The molecule has 3 aromatic heterocycles. The van der Waals surface area contributed by atoms with E-state index in [-0.39, 0.29) is 5.91 Å². The molecular formula is C18H16Cl2N4O2S. The van der Waals surface area contributed by atoms with Gasteiger partial charge in [-0.05, 0) is 44.2 Å². The maximum atomic E-state index is 13.0. The van der Waals surface area contributed by atoms with Crippen LogP contribution < -0.4 is 11.1 Å². The number of primary amides is 1. The number of rotatable bonds is 3. The molecule has 9 heteroatoms. The van der Waals surface area contributed by atoms with Crippen molar-refractivity contribution < 1.29 is 9.59 Å². The number of imidazole rings is 1. The number of fused-ring (bicyclic) bond motifs is 2. The highest BCUT2D eigenvalue weighted by molar-refractivity contribution is 7.17. The lowest BCUT2D eigenvalue weighted by Crippen LogP contribution is -2.20. The Labute approximate surface area is 169 Å². The average Bonchev–Trinajstić information content (AvgIpc) is 3.11. The third-order valence-electron chi connectivity index (χ3n) is 4.68. The molecule has 6 nitrogen and oxygen atoms in total. The first kappa shape index (κ1) is 18.3. The van der Waals surface area contributed by atoms with Crippen LogP contribution in [0.25, 0.3) is 5.65 Å². The lowest BCUT2D eigenvalue weighted by molar-refractivity contribution is 0.100. The number of nitrogens with zero attached hydrogens (tertiary/aromatic N) is 2. The van der Waals surface area contributed by atoms with Crippen molar-refractivity contribution in [2.24, 2.45) is 5.73 Å². The Balaban J connectivity index is 1.78. The lowest BCUT2D eigenvalue weighted by atomic mass is 9.95. The van der Waals surface area contributed by atoms with Crippen LogP contribution in [-0.2, 0) is 12.8 Å². The summed E-state index contributed by atoms with van der Waals surface area (Å²) in [6, 6.07) is 1.57. The van der Waals surface area contributed by atoms with Crippen LogP contribution in [0.5, 0.6) is 0 Å². The first-order valence-corrected chi connectivity index (χ1v) is 10.0. The van der Waals surface area contributed by atoms with Crippen LogP contribution >= 0.6 is 34.5 Å². The minimum Gasteiger partial charge on any atom is -0.365 e. The number of hydrogen-bond donors (Lipinski definition) is 2. The van der Waals surface area contributed by atoms with E-state index in [1.807, 2.05) is 0 Å². The van der Waals surface area contributed by atoms with E-state index in [1.165, 1.54) is 11.3 Å². The van der Waals surface area contributed by atoms with E-state index in [0.29, 0.717) is 37.6 Å². The summed E-state index contributed by atoms with van der Waals surface area (Å²) in [4.78, 5) is 30.5. The molecule has 0 aliphatic heterocycles. The molecule has 0 bridgehead atoms. The minimum absolute atomic E-state index is 0.316. The topological polar surface area (TPSA) is 89.5 Å². The van der Waals surface area contributed by atoms with Gasteiger partial charge in [-0.3, -0.25) is 14.0 Å². The van der Waals surface area contributed by atoms with Gasteiger partial charge in [-0.25, -0.2) is 4.98 Å². The molecule has 0 radical (unpaired) electrons. The number of aromatic nitrogens is 2. The van der Waals surface area contributed by atoms with Crippen LogP contribution in [0.15, 0.2) is 12.3 Å². The van der Waals surface area contributed by atoms with Crippen molar-refractivity contribution in [1.29, 1.82) is 0 Å². The summed E-state index contributed by atoms with van der Waals surface area (Å²) in [7, 11) is 0. The van der Waals surface area contributed by atoms with Crippen LogP contribution in [0.4, 0.5) is 5.00 Å².